The van der Waals surface area contributed by atoms with Gasteiger partial charge < -0.3 is 9.57 Å². The van der Waals surface area contributed by atoms with Gasteiger partial charge in [0.2, 0.25) is 0 Å². The minimum atomic E-state index is -0.270. The Bertz CT molecular complexity index is 441. The van der Waals surface area contributed by atoms with Gasteiger partial charge in [0.1, 0.15) is 6.61 Å². The zero-order valence-corrected chi connectivity index (χ0v) is 12.5. The fourth-order valence-corrected chi connectivity index (χ4v) is 1.66. The summed E-state index contributed by atoms with van der Waals surface area (Å²) in [6.45, 7) is 2.72. The number of unbranched alkanes of at least 4 members (excludes halogenated alkanes) is 3. The molecule has 0 radical (unpaired) electrons. The molecule has 0 amide bonds. The summed E-state index contributed by atoms with van der Waals surface area (Å²) in [4.78, 5) is 16.2. The highest BCUT2D eigenvalue weighted by Gasteiger charge is 1.92. The molecule has 4 heteroatoms. The van der Waals surface area contributed by atoms with Gasteiger partial charge in [-0.1, -0.05) is 41.6 Å². The minimum Gasteiger partial charge on any atom is -0.463 e. The van der Waals surface area contributed by atoms with E-state index in [1.54, 1.807) is 13.1 Å². The van der Waals surface area contributed by atoms with E-state index in [9.17, 15) is 4.79 Å². The molecular formula is C17H23NO3. The van der Waals surface area contributed by atoms with E-state index in [1.165, 1.54) is 6.08 Å². The maximum Gasteiger partial charge on any atom is 0.330 e. The number of rotatable bonds is 10. The molecule has 0 spiro atoms. The van der Waals surface area contributed by atoms with Gasteiger partial charge in [0, 0.05) is 12.3 Å². The summed E-state index contributed by atoms with van der Waals surface area (Å²) < 4.78 is 4.79. The third-order valence-electron chi connectivity index (χ3n) is 2.72. The van der Waals surface area contributed by atoms with Gasteiger partial charge in [-0.2, -0.15) is 0 Å². The van der Waals surface area contributed by atoms with Crippen molar-refractivity contribution >= 4 is 12.2 Å². The van der Waals surface area contributed by atoms with Gasteiger partial charge in [0.15, 0.2) is 0 Å². The van der Waals surface area contributed by atoms with E-state index in [1.807, 2.05) is 36.4 Å². The van der Waals surface area contributed by atoms with Crippen LogP contribution in [0.4, 0.5) is 0 Å². The van der Waals surface area contributed by atoms with E-state index in [4.69, 9.17) is 9.57 Å². The molecule has 1 aromatic rings. The second kappa shape index (κ2) is 11.7. The lowest BCUT2D eigenvalue weighted by Crippen LogP contribution is -1.98. The normalized spacial score (nSPS) is 11.1. The Morgan fingerprint density at radius 3 is 2.71 bits per heavy atom. The van der Waals surface area contributed by atoms with Crippen LogP contribution >= 0.6 is 0 Å². The number of hydrogen-bond donors (Lipinski definition) is 0. The van der Waals surface area contributed by atoms with E-state index in [0.717, 1.165) is 31.2 Å². The number of carbonyl (C=O) groups excluding carboxylic acids is 1. The highest BCUT2D eigenvalue weighted by Crippen LogP contribution is 2.02. The fraction of sp³-hybridized carbons (Fsp3) is 0.412. The lowest BCUT2D eigenvalue weighted by atomic mass is 10.2. The second-order valence-electron chi connectivity index (χ2n) is 4.49. The summed E-state index contributed by atoms with van der Waals surface area (Å²) in [5, 5.41) is 3.92. The summed E-state index contributed by atoms with van der Waals surface area (Å²) in [5.74, 6) is -0.270. The predicted octanol–water partition coefficient (Wildman–Crippen LogP) is 3.87. The number of esters is 1. The zero-order valence-electron chi connectivity index (χ0n) is 12.5. The van der Waals surface area contributed by atoms with Crippen LogP contribution in [0.2, 0.25) is 0 Å². The summed E-state index contributed by atoms with van der Waals surface area (Å²) in [6.07, 6.45) is 8.91. The average molecular weight is 289 g/mol. The van der Waals surface area contributed by atoms with Crippen LogP contribution in [0.5, 0.6) is 0 Å². The SMILES string of the molecule is CCOC(=O)/C=C/CCCC/C=N/OCc1ccccc1. The molecule has 114 valence electrons. The predicted molar refractivity (Wildman–Crippen MR) is 84.0 cm³/mol. The summed E-state index contributed by atoms with van der Waals surface area (Å²) in [6, 6.07) is 9.94. The molecule has 0 aliphatic rings. The molecule has 0 bridgehead atoms. The van der Waals surface area contributed by atoms with E-state index in [0.29, 0.717) is 13.2 Å². The molecular weight excluding hydrogens is 266 g/mol. The van der Waals surface area contributed by atoms with Crippen molar-refractivity contribution in [2.75, 3.05) is 6.61 Å². The maximum absolute atomic E-state index is 11.0. The molecule has 0 atom stereocenters. The van der Waals surface area contributed by atoms with Crippen molar-refractivity contribution in [1.29, 1.82) is 0 Å². The van der Waals surface area contributed by atoms with Crippen LogP contribution in [0.3, 0.4) is 0 Å². The third-order valence-corrected chi connectivity index (χ3v) is 2.72. The van der Waals surface area contributed by atoms with Crippen LogP contribution in [0, 0.1) is 0 Å². The lowest BCUT2D eigenvalue weighted by Gasteiger charge is -1.98. The van der Waals surface area contributed by atoms with Gasteiger partial charge in [0.25, 0.3) is 0 Å². The summed E-state index contributed by atoms with van der Waals surface area (Å²) in [5.41, 5.74) is 1.11. The molecule has 4 nitrogen and oxygen atoms in total. The Balaban J connectivity index is 1.96. The number of benzene rings is 1. The summed E-state index contributed by atoms with van der Waals surface area (Å²) in [7, 11) is 0. The number of nitrogens with zero attached hydrogens (tertiary/aromatic N) is 1. The Hall–Kier alpha value is -2.10. The molecule has 0 N–H and O–H groups in total. The molecule has 0 fully saturated rings. The van der Waals surface area contributed by atoms with Crippen molar-refractivity contribution in [3.63, 3.8) is 0 Å². The third kappa shape index (κ3) is 9.44. The van der Waals surface area contributed by atoms with E-state index in [2.05, 4.69) is 5.16 Å². The van der Waals surface area contributed by atoms with Crippen molar-refractivity contribution in [2.45, 2.75) is 39.2 Å². The quantitative estimate of drug-likeness (QED) is 0.216. The van der Waals surface area contributed by atoms with Gasteiger partial charge in [-0.05, 0) is 38.2 Å². The molecule has 0 aliphatic carbocycles. The van der Waals surface area contributed by atoms with Crippen LogP contribution in [-0.4, -0.2) is 18.8 Å². The molecule has 1 aromatic carbocycles. The Morgan fingerprint density at radius 2 is 1.95 bits per heavy atom. The topological polar surface area (TPSA) is 47.9 Å². The number of hydrogen-bond acceptors (Lipinski definition) is 4. The molecule has 0 aromatic heterocycles. The van der Waals surface area contributed by atoms with Gasteiger partial charge in [-0.3, -0.25) is 0 Å². The number of oxime groups is 1. The first-order valence-corrected chi connectivity index (χ1v) is 7.34. The molecule has 0 unspecified atom stereocenters. The van der Waals surface area contributed by atoms with E-state index in [-0.39, 0.29) is 5.97 Å². The smallest absolute Gasteiger partial charge is 0.330 e. The minimum absolute atomic E-state index is 0.270. The van der Waals surface area contributed by atoms with Gasteiger partial charge in [0.05, 0.1) is 6.61 Å². The maximum atomic E-state index is 11.0. The Labute approximate surface area is 126 Å². The van der Waals surface area contributed by atoms with E-state index >= 15 is 0 Å². The highest BCUT2D eigenvalue weighted by molar-refractivity contribution is 5.81. The molecule has 0 aliphatic heterocycles. The van der Waals surface area contributed by atoms with Crippen molar-refractivity contribution < 1.29 is 14.4 Å². The van der Waals surface area contributed by atoms with Crippen molar-refractivity contribution in [3.05, 3.63) is 48.0 Å². The van der Waals surface area contributed by atoms with Crippen LogP contribution < -0.4 is 0 Å². The standard InChI is InChI=1S/C17H23NO3/c1-2-20-17(19)13-9-4-3-5-10-14-18-21-15-16-11-7-6-8-12-16/h6-9,11-14H,2-5,10,15H2,1H3/b13-9+,18-14+. The van der Waals surface area contributed by atoms with Crippen LogP contribution in [0.15, 0.2) is 47.6 Å². The first-order chi connectivity index (χ1) is 10.3. The van der Waals surface area contributed by atoms with Gasteiger partial charge in [-0.15, -0.1) is 0 Å². The largest absolute Gasteiger partial charge is 0.463 e. The number of ether oxygens (including phenoxy) is 1. The highest BCUT2D eigenvalue weighted by atomic mass is 16.6. The first-order valence-electron chi connectivity index (χ1n) is 7.34. The second-order valence-corrected chi connectivity index (χ2v) is 4.49. The van der Waals surface area contributed by atoms with Crippen molar-refractivity contribution in [3.8, 4) is 0 Å². The van der Waals surface area contributed by atoms with Crippen molar-refractivity contribution in [2.24, 2.45) is 5.16 Å². The van der Waals surface area contributed by atoms with Crippen LogP contribution in [0.25, 0.3) is 0 Å². The van der Waals surface area contributed by atoms with E-state index < -0.39 is 0 Å². The fourth-order valence-electron chi connectivity index (χ4n) is 1.66. The monoisotopic (exact) mass is 289 g/mol. The van der Waals surface area contributed by atoms with Crippen molar-refractivity contribution in [1.82, 2.24) is 0 Å². The molecule has 0 heterocycles. The Kier molecular flexibility index (Phi) is 9.45. The molecule has 0 saturated carbocycles. The molecule has 1 rings (SSSR count). The first kappa shape index (κ1) is 17.0. The van der Waals surface area contributed by atoms with Gasteiger partial charge >= 0.3 is 5.97 Å². The molecule has 0 saturated heterocycles. The van der Waals surface area contributed by atoms with Gasteiger partial charge in [-0.25, -0.2) is 4.79 Å². The number of carbonyl (C=O) groups is 1. The van der Waals surface area contributed by atoms with Crippen LogP contribution in [-0.2, 0) is 21.0 Å². The molecule has 21 heavy (non-hydrogen) atoms. The van der Waals surface area contributed by atoms with Crippen LogP contribution in [0.1, 0.15) is 38.2 Å². The zero-order chi connectivity index (χ0) is 15.2. The Morgan fingerprint density at radius 1 is 1.19 bits per heavy atom. The summed E-state index contributed by atoms with van der Waals surface area (Å²) >= 11 is 0. The number of allylic oxidation sites excluding steroid dienone is 1. The lowest BCUT2D eigenvalue weighted by molar-refractivity contribution is -0.137. The average Bonchev–Trinajstić information content (AvgIpc) is 2.50.